The van der Waals surface area contributed by atoms with Crippen molar-refractivity contribution in [2.24, 2.45) is 0 Å². The van der Waals surface area contributed by atoms with Gasteiger partial charge in [-0.15, -0.1) is 0 Å². The molecule has 1 aromatic heterocycles. The Bertz CT molecular complexity index is 548. The van der Waals surface area contributed by atoms with Gasteiger partial charge >= 0.3 is 0 Å². The number of benzene rings is 1. The van der Waals surface area contributed by atoms with Gasteiger partial charge in [-0.05, 0) is 49.2 Å². The number of aromatic nitrogens is 1. The van der Waals surface area contributed by atoms with Crippen molar-refractivity contribution in [1.82, 2.24) is 4.98 Å². The van der Waals surface area contributed by atoms with Crippen molar-refractivity contribution in [3.63, 3.8) is 0 Å². The average Bonchev–Trinajstić information content (AvgIpc) is 2.28. The van der Waals surface area contributed by atoms with Crippen molar-refractivity contribution in [2.75, 3.05) is 0 Å². The lowest BCUT2D eigenvalue weighted by Crippen LogP contribution is -1.88. The minimum absolute atomic E-state index is 0.387. The summed E-state index contributed by atoms with van der Waals surface area (Å²) < 4.78 is 5.67. The Balaban J connectivity index is 2.22. The van der Waals surface area contributed by atoms with Crippen molar-refractivity contribution < 1.29 is 4.74 Å². The maximum atomic E-state index is 8.64. The molecule has 1 heterocycles. The lowest BCUT2D eigenvalue weighted by Gasteiger charge is -2.07. The van der Waals surface area contributed by atoms with Gasteiger partial charge in [-0.25, -0.2) is 4.98 Å². The van der Waals surface area contributed by atoms with E-state index in [0.29, 0.717) is 11.4 Å². The summed E-state index contributed by atoms with van der Waals surface area (Å²) in [5.74, 6) is 1.42. The predicted octanol–water partition coefficient (Wildman–Crippen LogP) is 3.36. The van der Waals surface area contributed by atoms with Gasteiger partial charge in [0.25, 0.3) is 0 Å². The molecule has 0 saturated heterocycles. The maximum absolute atomic E-state index is 8.64. The topological polar surface area (TPSA) is 45.9 Å². The zero-order chi connectivity index (χ0) is 12.3. The van der Waals surface area contributed by atoms with Crippen LogP contribution in [0.3, 0.4) is 0 Å². The monoisotopic (exact) mass is 224 g/mol. The Labute approximate surface area is 100 Å². The summed E-state index contributed by atoms with van der Waals surface area (Å²) in [6, 6.07) is 11.4. The Hall–Kier alpha value is -2.34. The van der Waals surface area contributed by atoms with Crippen LogP contribution in [-0.4, -0.2) is 4.98 Å². The van der Waals surface area contributed by atoms with Gasteiger partial charge in [0.05, 0.1) is 6.20 Å². The lowest BCUT2D eigenvalue weighted by molar-refractivity contribution is 0.479. The molecular formula is C14H12N2O. The first kappa shape index (κ1) is 11.2. The number of ether oxygens (including phenoxy) is 1. The van der Waals surface area contributed by atoms with E-state index in [-0.39, 0.29) is 0 Å². The van der Waals surface area contributed by atoms with Gasteiger partial charge in [-0.2, -0.15) is 5.26 Å². The van der Waals surface area contributed by atoms with E-state index in [0.717, 1.165) is 16.9 Å². The van der Waals surface area contributed by atoms with Gasteiger partial charge in [-0.3, -0.25) is 0 Å². The molecule has 0 N–H and O–H groups in total. The Kier molecular flexibility index (Phi) is 3.06. The molecule has 0 radical (unpaired) electrons. The maximum Gasteiger partial charge on any atom is 0.145 e. The molecule has 0 amide bonds. The summed E-state index contributed by atoms with van der Waals surface area (Å²) in [5, 5.41) is 8.64. The molecule has 0 bridgehead atoms. The molecule has 0 atom stereocenters. The first-order valence-corrected chi connectivity index (χ1v) is 5.30. The molecule has 3 nitrogen and oxygen atoms in total. The zero-order valence-electron chi connectivity index (χ0n) is 9.77. The average molecular weight is 224 g/mol. The van der Waals surface area contributed by atoms with E-state index in [1.807, 2.05) is 32.0 Å². The van der Waals surface area contributed by atoms with Gasteiger partial charge < -0.3 is 4.74 Å². The molecule has 0 saturated carbocycles. The molecule has 84 valence electrons. The van der Waals surface area contributed by atoms with E-state index in [2.05, 4.69) is 11.1 Å². The molecule has 0 aliphatic carbocycles. The van der Waals surface area contributed by atoms with Gasteiger partial charge in [0.15, 0.2) is 0 Å². The Morgan fingerprint density at radius 1 is 1.06 bits per heavy atom. The van der Waals surface area contributed by atoms with E-state index in [9.17, 15) is 0 Å². The third-order valence-electron chi connectivity index (χ3n) is 2.28. The largest absolute Gasteiger partial charge is 0.456 e. The van der Waals surface area contributed by atoms with Crippen LogP contribution in [0.15, 0.2) is 36.5 Å². The van der Waals surface area contributed by atoms with Crippen LogP contribution in [0.5, 0.6) is 11.5 Å². The molecule has 0 spiro atoms. The molecule has 0 fully saturated rings. The normalized spacial score (nSPS) is 9.71. The Morgan fingerprint density at radius 2 is 1.76 bits per heavy atom. The number of aryl methyl sites for hydroxylation is 2. The van der Waals surface area contributed by atoms with Crippen LogP contribution in [0, 0.1) is 25.2 Å². The summed E-state index contributed by atoms with van der Waals surface area (Å²) in [6.07, 6.45) is 1.55. The van der Waals surface area contributed by atoms with E-state index in [1.165, 1.54) is 0 Å². The van der Waals surface area contributed by atoms with E-state index >= 15 is 0 Å². The fourth-order valence-corrected chi connectivity index (χ4v) is 1.63. The number of hydrogen-bond donors (Lipinski definition) is 0. The second kappa shape index (κ2) is 4.67. The molecule has 0 unspecified atom stereocenters. The van der Waals surface area contributed by atoms with Crippen LogP contribution in [0.2, 0.25) is 0 Å². The molecule has 2 aromatic rings. The fraction of sp³-hybridized carbons (Fsp3) is 0.143. The van der Waals surface area contributed by atoms with Crippen molar-refractivity contribution in [1.29, 1.82) is 5.26 Å². The SMILES string of the molecule is Cc1cc(C)cc(Oc2ccc(C#N)nc2)c1. The smallest absolute Gasteiger partial charge is 0.145 e. The summed E-state index contributed by atoms with van der Waals surface area (Å²) in [6.45, 7) is 4.05. The predicted molar refractivity (Wildman–Crippen MR) is 64.9 cm³/mol. The molecular weight excluding hydrogens is 212 g/mol. The van der Waals surface area contributed by atoms with Crippen LogP contribution in [0.4, 0.5) is 0 Å². The molecule has 0 aliphatic rings. The zero-order valence-corrected chi connectivity index (χ0v) is 9.77. The van der Waals surface area contributed by atoms with Crippen LogP contribution in [0.1, 0.15) is 16.8 Å². The lowest BCUT2D eigenvalue weighted by atomic mass is 10.1. The van der Waals surface area contributed by atoms with Gasteiger partial charge in [0, 0.05) is 0 Å². The summed E-state index contributed by atoms with van der Waals surface area (Å²) in [4.78, 5) is 3.95. The van der Waals surface area contributed by atoms with Crippen LogP contribution in [-0.2, 0) is 0 Å². The first-order valence-electron chi connectivity index (χ1n) is 5.30. The number of rotatable bonds is 2. The number of hydrogen-bond acceptors (Lipinski definition) is 3. The second-order valence-corrected chi connectivity index (χ2v) is 3.92. The summed E-state index contributed by atoms with van der Waals surface area (Å²) >= 11 is 0. The highest BCUT2D eigenvalue weighted by molar-refractivity contribution is 5.37. The van der Waals surface area contributed by atoms with Crippen molar-refractivity contribution in [3.05, 3.63) is 53.3 Å². The van der Waals surface area contributed by atoms with E-state index in [4.69, 9.17) is 10.00 Å². The number of pyridine rings is 1. The van der Waals surface area contributed by atoms with E-state index in [1.54, 1.807) is 18.3 Å². The molecule has 2 rings (SSSR count). The fourth-order valence-electron chi connectivity index (χ4n) is 1.63. The number of nitrogens with zero attached hydrogens (tertiary/aromatic N) is 2. The minimum atomic E-state index is 0.387. The van der Waals surface area contributed by atoms with Crippen LogP contribution < -0.4 is 4.74 Å². The summed E-state index contributed by atoms with van der Waals surface area (Å²) in [7, 11) is 0. The van der Waals surface area contributed by atoms with Crippen molar-refractivity contribution in [3.8, 4) is 17.6 Å². The molecule has 17 heavy (non-hydrogen) atoms. The van der Waals surface area contributed by atoms with Gasteiger partial charge in [0.2, 0.25) is 0 Å². The highest BCUT2D eigenvalue weighted by Gasteiger charge is 2.00. The molecule has 0 aliphatic heterocycles. The van der Waals surface area contributed by atoms with Crippen LogP contribution in [0.25, 0.3) is 0 Å². The number of nitriles is 1. The summed E-state index contributed by atoms with van der Waals surface area (Å²) in [5.41, 5.74) is 2.70. The highest BCUT2D eigenvalue weighted by atomic mass is 16.5. The molecule has 3 heteroatoms. The van der Waals surface area contributed by atoms with Gasteiger partial charge in [-0.1, -0.05) is 6.07 Å². The second-order valence-electron chi connectivity index (χ2n) is 3.92. The Morgan fingerprint density at radius 3 is 2.29 bits per heavy atom. The van der Waals surface area contributed by atoms with E-state index < -0.39 is 0 Å². The first-order chi connectivity index (χ1) is 8.17. The third kappa shape index (κ3) is 2.82. The van der Waals surface area contributed by atoms with Gasteiger partial charge in [0.1, 0.15) is 23.3 Å². The molecule has 1 aromatic carbocycles. The van der Waals surface area contributed by atoms with Crippen molar-refractivity contribution >= 4 is 0 Å². The van der Waals surface area contributed by atoms with Crippen molar-refractivity contribution in [2.45, 2.75) is 13.8 Å². The third-order valence-corrected chi connectivity index (χ3v) is 2.28. The minimum Gasteiger partial charge on any atom is -0.456 e. The standard InChI is InChI=1S/C14H12N2O/c1-10-5-11(2)7-14(6-10)17-13-4-3-12(8-15)16-9-13/h3-7,9H,1-2H3. The highest BCUT2D eigenvalue weighted by Crippen LogP contribution is 2.23. The quantitative estimate of drug-likeness (QED) is 0.785. The van der Waals surface area contributed by atoms with Crippen LogP contribution >= 0.6 is 0 Å².